The fourth-order valence-corrected chi connectivity index (χ4v) is 14.1. The second-order valence-electron chi connectivity index (χ2n) is 20.0. The smallest absolute Gasteiger partial charge is 0.445 e. The minimum absolute atomic E-state index is 0.0120. The number of halogens is 2. The number of rotatable bonds is 18. The fraction of sp³-hybridized carbons (Fsp3) is 0.440. The number of thiophene rings is 2. The Morgan fingerprint density at radius 2 is 1.33 bits per heavy atom. The molecule has 0 saturated heterocycles. The molecule has 10 rings (SSSR count). The summed E-state index contributed by atoms with van der Waals surface area (Å²) in [5, 5.41) is 10.6. The molecule has 20 nitrogen and oxygen atoms in total. The number of aryl methyl sites for hydroxylation is 2. The number of nitrogens with one attached hydrogen (secondary N) is 2. The highest BCUT2D eigenvalue weighted by molar-refractivity contribution is 7.46. The molecule has 0 unspecified atom stereocenters. The van der Waals surface area contributed by atoms with Crippen LogP contribution in [0.5, 0.6) is 11.5 Å². The summed E-state index contributed by atoms with van der Waals surface area (Å²) in [6.07, 6.45) is 0.445. The molecule has 25 heteroatoms. The van der Waals surface area contributed by atoms with E-state index in [2.05, 4.69) is 10.6 Å². The summed E-state index contributed by atoms with van der Waals surface area (Å²) < 4.78 is 30.1. The summed E-state index contributed by atoms with van der Waals surface area (Å²) in [7, 11) is -1.86. The summed E-state index contributed by atoms with van der Waals surface area (Å²) in [4.78, 5) is 106. The first-order chi connectivity index (χ1) is 35.6. The molecule has 3 saturated carbocycles. The number of carbonyl (C=O) groups is 6. The van der Waals surface area contributed by atoms with Gasteiger partial charge in [0.25, 0.3) is 0 Å². The molecule has 5 aromatic rings. The average molecular weight is 1130 g/mol. The number of ether oxygens (including phenoxy) is 2. The van der Waals surface area contributed by atoms with E-state index in [4.69, 9.17) is 48.7 Å². The summed E-state index contributed by atoms with van der Waals surface area (Å²) >= 11 is 15.9. The number of nitrogens with zero attached hydrogens (tertiary/aromatic N) is 4. The lowest BCUT2D eigenvalue weighted by Gasteiger charge is -2.69. The van der Waals surface area contributed by atoms with Crippen molar-refractivity contribution in [2.24, 2.45) is 22.3 Å². The van der Waals surface area contributed by atoms with Crippen LogP contribution in [-0.4, -0.2) is 120 Å². The Balaban J connectivity index is 0.833. The first kappa shape index (κ1) is 54.1. The summed E-state index contributed by atoms with van der Waals surface area (Å²) in [5.74, 6) is -0.505. The van der Waals surface area contributed by atoms with Gasteiger partial charge in [-0.3, -0.25) is 24.2 Å². The zero-order valence-electron chi connectivity index (χ0n) is 41.5. The van der Waals surface area contributed by atoms with Crippen molar-refractivity contribution in [2.45, 2.75) is 70.4 Å². The van der Waals surface area contributed by atoms with E-state index in [-0.39, 0.29) is 73.2 Å². The first-order valence-corrected chi connectivity index (χ1v) is 28.5. The molecule has 3 fully saturated rings. The second-order valence-corrected chi connectivity index (χ2v) is 23.6. The Kier molecular flexibility index (Phi) is 15.2. The van der Waals surface area contributed by atoms with Crippen molar-refractivity contribution < 1.29 is 57.1 Å². The van der Waals surface area contributed by atoms with Crippen LogP contribution in [0.3, 0.4) is 0 Å². The van der Waals surface area contributed by atoms with E-state index in [0.29, 0.717) is 72.5 Å². The van der Waals surface area contributed by atoms with Crippen LogP contribution in [-0.2, 0) is 30.3 Å². The third-order valence-electron chi connectivity index (χ3n) is 14.8. The highest BCUT2D eigenvalue weighted by Crippen LogP contribution is 2.75. The Hall–Kier alpha value is -5.71. The molecule has 400 valence electrons. The number of nitrogens with two attached hydrogens (primary N) is 2. The highest BCUT2D eigenvalue weighted by Gasteiger charge is 2.76. The van der Waals surface area contributed by atoms with Gasteiger partial charge in [-0.2, -0.15) is 0 Å². The number of urea groups is 1. The maximum absolute atomic E-state index is 14.8. The minimum atomic E-state index is -4.94. The van der Waals surface area contributed by atoms with E-state index >= 15 is 0 Å². The molecule has 0 radical (unpaired) electrons. The summed E-state index contributed by atoms with van der Waals surface area (Å²) in [5.41, 5.74) is 14.9. The molecule has 4 heterocycles. The van der Waals surface area contributed by atoms with E-state index in [1.54, 1.807) is 47.2 Å². The van der Waals surface area contributed by atoms with Crippen LogP contribution in [0.2, 0.25) is 0 Å². The molecule has 5 aliphatic rings. The SMILES string of the molecule is Cc1csc2c(OC(=O)N(C)CCN(C)C(=O)OCc3ccc(NC(=O)[C@H](CCCN)NC(N)=O)cc3)cc3c(c12)[C@H](CCl)CN3C(=O)C12CC(C(=O)N3C[C@@H](CCl)c4c3cc(OP(=O)(O)O)c3scc(C)c43)(C1)C2. The quantitative estimate of drug-likeness (QED) is 0.0361. The molecule has 2 bridgehead atoms. The lowest BCUT2D eigenvalue weighted by Crippen LogP contribution is -2.73. The number of anilines is 3. The van der Waals surface area contributed by atoms with E-state index in [9.17, 15) is 43.1 Å². The fourth-order valence-electron chi connectivity index (χ4n) is 11.1. The normalized spacial score (nSPS) is 20.7. The molecule has 3 atom stereocenters. The van der Waals surface area contributed by atoms with Gasteiger partial charge in [0.15, 0.2) is 11.5 Å². The van der Waals surface area contributed by atoms with Gasteiger partial charge >= 0.3 is 26.0 Å². The van der Waals surface area contributed by atoms with Crippen LogP contribution in [0.4, 0.5) is 31.4 Å². The van der Waals surface area contributed by atoms with Gasteiger partial charge < -0.3 is 55.7 Å². The first-order valence-electron chi connectivity index (χ1n) is 24.2. The predicted molar refractivity (Wildman–Crippen MR) is 287 cm³/mol. The maximum atomic E-state index is 14.8. The molecule has 75 heavy (non-hydrogen) atoms. The minimum Gasteiger partial charge on any atom is -0.445 e. The number of carbonyl (C=O) groups excluding carboxylic acids is 6. The molecule has 0 spiro atoms. The number of hydrogen-bond donors (Lipinski definition) is 6. The van der Waals surface area contributed by atoms with Crippen molar-refractivity contribution in [3.05, 3.63) is 75.0 Å². The van der Waals surface area contributed by atoms with Crippen LogP contribution in [0.25, 0.3) is 20.2 Å². The van der Waals surface area contributed by atoms with E-state index in [1.807, 2.05) is 24.6 Å². The van der Waals surface area contributed by atoms with Gasteiger partial charge in [0.2, 0.25) is 17.7 Å². The third kappa shape index (κ3) is 10.2. The molecule has 3 aliphatic carbocycles. The maximum Gasteiger partial charge on any atom is 0.524 e. The van der Waals surface area contributed by atoms with Crippen molar-refractivity contribution in [3.63, 3.8) is 0 Å². The Morgan fingerprint density at radius 1 is 0.827 bits per heavy atom. The summed E-state index contributed by atoms with van der Waals surface area (Å²) in [6.45, 7) is 4.89. The topological polar surface area (TPSA) is 277 Å². The third-order valence-corrected chi connectivity index (χ3v) is 18.2. The van der Waals surface area contributed by atoms with Crippen molar-refractivity contribution in [1.82, 2.24) is 15.1 Å². The lowest BCUT2D eigenvalue weighted by atomic mass is 9.34. The largest absolute Gasteiger partial charge is 0.524 e. The molecular weight excluding hydrogens is 1070 g/mol. The van der Waals surface area contributed by atoms with Crippen LogP contribution in [0.15, 0.2) is 47.2 Å². The highest BCUT2D eigenvalue weighted by atomic mass is 35.5. The standard InChI is InChI=1S/C50H57Cl2N8O12PS2/c1-26-21-74-41-35(71-48(66)58(4)13-12-57(3)47(65)70-20-28-7-9-31(10-8-28)55-43(61)32(6-5-11-53)56-46(54)64)14-33-39(37(26)41)29(16-51)18-59(33)44(62)49-23-50(24-49,25-49)45(63)60-19-30(17-52)40-34(60)15-36(72-73(67,68)69)42-38(40)27(2)22-75-42/h7-10,14-15,21-22,29-30,32H,5-6,11-13,16-20,23-25,53H2,1-4H3,(H,55,61)(H3,54,56,64)(H2,67,68,69)/t29-,30-,32+,49?,50?/m1/s1. The second kappa shape index (κ2) is 21.0. The van der Waals surface area contributed by atoms with Crippen molar-refractivity contribution in [1.29, 1.82) is 0 Å². The van der Waals surface area contributed by atoms with E-state index in [1.165, 1.54) is 45.6 Å². The van der Waals surface area contributed by atoms with Gasteiger partial charge in [-0.15, -0.1) is 45.9 Å². The van der Waals surface area contributed by atoms with Crippen LogP contribution in [0.1, 0.15) is 71.8 Å². The predicted octanol–water partition coefficient (Wildman–Crippen LogP) is 7.83. The molecule has 2 aliphatic heterocycles. The van der Waals surface area contributed by atoms with Gasteiger partial charge in [-0.05, 0) is 103 Å². The molecule has 3 aromatic carbocycles. The Bertz CT molecular complexity index is 3170. The van der Waals surface area contributed by atoms with Crippen molar-refractivity contribution in [2.75, 3.05) is 73.7 Å². The van der Waals surface area contributed by atoms with Gasteiger partial charge in [0, 0.05) is 92.5 Å². The zero-order chi connectivity index (χ0) is 53.9. The van der Waals surface area contributed by atoms with Crippen molar-refractivity contribution >= 4 is 127 Å². The average Bonchev–Trinajstić information content (AvgIpc) is 4.12. The number of alkyl halides is 2. The number of amides is 7. The molecule has 8 N–H and O–H groups in total. The van der Waals surface area contributed by atoms with E-state index in [0.717, 1.165) is 37.7 Å². The van der Waals surface area contributed by atoms with Gasteiger partial charge in [-0.1, -0.05) is 12.1 Å². The Labute approximate surface area is 449 Å². The van der Waals surface area contributed by atoms with Crippen LogP contribution >= 0.6 is 53.7 Å². The number of fused-ring (bicyclic) bond motifs is 6. The summed E-state index contributed by atoms with van der Waals surface area (Å²) in [6, 6.07) is 8.19. The van der Waals surface area contributed by atoms with Crippen molar-refractivity contribution in [3.8, 4) is 11.5 Å². The van der Waals surface area contributed by atoms with E-state index < -0.39 is 48.8 Å². The number of primary amides is 1. The van der Waals surface area contributed by atoms with Gasteiger partial charge in [0.05, 0.1) is 31.6 Å². The van der Waals surface area contributed by atoms with Gasteiger partial charge in [-0.25, -0.2) is 18.9 Å². The lowest BCUT2D eigenvalue weighted by molar-refractivity contribution is -0.205. The molecular formula is C50H57Cl2N8O12PS2. The van der Waals surface area contributed by atoms with Crippen LogP contribution < -0.4 is 41.2 Å². The number of phosphoric acid groups is 1. The Morgan fingerprint density at radius 3 is 1.83 bits per heavy atom. The number of likely N-dealkylation sites (N-methyl/N-ethyl adjacent to an activating group) is 2. The zero-order valence-corrected chi connectivity index (χ0v) is 45.5. The number of benzene rings is 3. The number of phosphoric ester groups is 1. The number of hydrogen-bond acceptors (Lipinski definition) is 13. The molecule has 7 amide bonds. The molecule has 2 aromatic heterocycles. The van der Waals surface area contributed by atoms with Crippen LogP contribution in [0, 0.1) is 24.7 Å². The monoisotopic (exact) mass is 1130 g/mol. The van der Waals surface area contributed by atoms with Gasteiger partial charge in [0.1, 0.15) is 12.6 Å².